The number of benzene rings is 1. The van der Waals surface area contributed by atoms with Crippen LogP contribution in [0, 0.1) is 6.92 Å². The van der Waals surface area contributed by atoms with E-state index in [1.54, 1.807) is 22.7 Å². The molecule has 1 aromatic carbocycles. The largest absolute Gasteiger partial charge is 0.493 e. The number of hydrogen-bond donors (Lipinski definition) is 1. The molecule has 0 bridgehead atoms. The lowest BCUT2D eigenvalue weighted by Crippen LogP contribution is -2.03. The van der Waals surface area contributed by atoms with Gasteiger partial charge in [-0.3, -0.25) is 0 Å². The van der Waals surface area contributed by atoms with E-state index in [9.17, 15) is 5.11 Å². The van der Waals surface area contributed by atoms with Crippen molar-refractivity contribution in [3.05, 3.63) is 51.7 Å². The summed E-state index contributed by atoms with van der Waals surface area (Å²) in [6, 6.07) is 10.1. The molecule has 4 heteroatoms. The van der Waals surface area contributed by atoms with Crippen molar-refractivity contribution >= 4 is 32.1 Å². The maximum absolute atomic E-state index is 10.7. The van der Waals surface area contributed by atoms with Crippen LogP contribution in [0.2, 0.25) is 0 Å². The van der Waals surface area contributed by atoms with Gasteiger partial charge in [0.1, 0.15) is 11.9 Å². The summed E-state index contributed by atoms with van der Waals surface area (Å²) in [5.41, 5.74) is 1.97. The third-order valence-corrected chi connectivity index (χ3v) is 5.33. The van der Waals surface area contributed by atoms with Gasteiger partial charge in [0.25, 0.3) is 0 Å². The van der Waals surface area contributed by atoms with Gasteiger partial charge in [0.15, 0.2) is 0 Å². The Morgan fingerprint density at radius 1 is 1.20 bits per heavy atom. The molecule has 0 saturated heterocycles. The molecule has 0 fully saturated rings. The van der Waals surface area contributed by atoms with Crippen LogP contribution in [0.3, 0.4) is 0 Å². The number of hydrogen-bond acceptors (Lipinski definition) is 4. The van der Waals surface area contributed by atoms with Gasteiger partial charge in [0, 0.05) is 19.8 Å². The first-order chi connectivity index (χ1) is 9.69. The van der Waals surface area contributed by atoms with Crippen molar-refractivity contribution in [2.45, 2.75) is 20.0 Å². The summed E-state index contributed by atoms with van der Waals surface area (Å²) in [6.07, 6.45) is -0.624. The molecule has 1 atom stereocenters. The molecule has 1 N–H and O–H groups in total. The monoisotopic (exact) mass is 304 g/mol. The Bertz CT molecular complexity index is 698. The van der Waals surface area contributed by atoms with E-state index in [0.29, 0.717) is 6.61 Å². The Hall–Kier alpha value is -1.36. The van der Waals surface area contributed by atoms with Crippen LogP contribution in [0.4, 0.5) is 0 Å². The fraction of sp³-hybridized carbons (Fsp3) is 0.250. The van der Waals surface area contributed by atoms with E-state index < -0.39 is 6.10 Å². The molecule has 2 nitrogen and oxygen atoms in total. The molecule has 2 aromatic heterocycles. The summed E-state index contributed by atoms with van der Waals surface area (Å²) in [4.78, 5) is 0.971. The van der Waals surface area contributed by atoms with Crippen LogP contribution in [0.1, 0.15) is 29.0 Å². The maximum atomic E-state index is 10.7. The van der Waals surface area contributed by atoms with Gasteiger partial charge in [0.05, 0.1) is 6.61 Å². The van der Waals surface area contributed by atoms with Crippen molar-refractivity contribution in [2.75, 3.05) is 6.61 Å². The topological polar surface area (TPSA) is 29.5 Å². The number of aliphatic hydroxyl groups is 1. The highest BCUT2D eigenvalue weighted by molar-refractivity contribution is 7.26. The zero-order valence-electron chi connectivity index (χ0n) is 11.4. The van der Waals surface area contributed by atoms with Gasteiger partial charge in [-0.2, -0.15) is 0 Å². The molecule has 20 heavy (non-hydrogen) atoms. The van der Waals surface area contributed by atoms with E-state index in [4.69, 9.17) is 4.74 Å². The second kappa shape index (κ2) is 5.56. The van der Waals surface area contributed by atoms with Crippen molar-refractivity contribution < 1.29 is 9.84 Å². The summed E-state index contributed by atoms with van der Waals surface area (Å²) >= 11 is 3.35. The van der Waals surface area contributed by atoms with Crippen molar-refractivity contribution in [2.24, 2.45) is 0 Å². The molecular weight excluding hydrogens is 288 g/mol. The van der Waals surface area contributed by atoms with Crippen molar-refractivity contribution in [3.8, 4) is 5.75 Å². The quantitative estimate of drug-likeness (QED) is 0.753. The van der Waals surface area contributed by atoms with Gasteiger partial charge in [-0.25, -0.2) is 0 Å². The minimum atomic E-state index is -0.624. The van der Waals surface area contributed by atoms with E-state index in [1.807, 2.05) is 32.0 Å². The number of aryl methyl sites for hydroxylation is 1. The average molecular weight is 304 g/mol. The Balaban J connectivity index is 2.02. The van der Waals surface area contributed by atoms with Gasteiger partial charge in [-0.15, -0.1) is 22.7 Å². The second-order valence-corrected chi connectivity index (χ2v) is 6.74. The van der Waals surface area contributed by atoms with E-state index in [1.165, 1.54) is 9.40 Å². The molecule has 2 heterocycles. The summed E-state index contributed by atoms with van der Waals surface area (Å²) in [7, 11) is 0. The van der Waals surface area contributed by atoms with Gasteiger partial charge < -0.3 is 9.84 Å². The molecule has 104 valence electrons. The molecule has 3 rings (SSSR count). The summed E-state index contributed by atoms with van der Waals surface area (Å²) in [6.45, 7) is 4.58. The number of rotatable bonds is 4. The Morgan fingerprint density at radius 3 is 2.80 bits per heavy atom. The average Bonchev–Trinajstić information content (AvgIpc) is 3.01. The van der Waals surface area contributed by atoms with E-state index in [0.717, 1.165) is 21.8 Å². The highest BCUT2D eigenvalue weighted by Gasteiger charge is 2.18. The summed E-state index contributed by atoms with van der Waals surface area (Å²) in [5.74, 6) is 0.766. The maximum Gasteiger partial charge on any atom is 0.125 e. The lowest BCUT2D eigenvalue weighted by atomic mass is 10.0. The Labute approximate surface area is 126 Å². The summed E-state index contributed by atoms with van der Waals surface area (Å²) < 4.78 is 8.10. The molecule has 0 spiro atoms. The normalized spacial score (nSPS) is 12.8. The fourth-order valence-electron chi connectivity index (χ4n) is 2.24. The first kappa shape index (κ1) is 13.6. The highest BCUT2D eigenvalue weighted by atomic mass is 32.1. The molecule has 0 aliphatic rings. The van der Waals surface area contributed by atoms with E-state index in [-0.39, 0.29) is 0 Å². The van der Waals surface area contributed by atoms with Gasteiger partial charge in [-0.1, -0.05) is 11.6 Å². The number of ether oxygens (including phenoxy) is 1. The van der Waals surface area contributed by atoms with Crippen LogP contribution in [0.5, 0.6) is 5.75 Å². The SMILES string of the molecule is CCOc1ccc(C)cc1C(O)c1cc2sccc2s1. The number of fused-ring (bicyclic) bond motifs is 1. The van der Waals surface area contributed by atoms with Crippen molar-refractivity contribution in [1.29, 1.82) is 0 Å². The van der Waals surface area contributed by atoms with E-state index >= 15 is 0 Å². The van der Waals surface area contributed by atoms with Crippen LogP contribution < -0.4 is 4.74 Å². The van der Waals surface area contributed by atoms with Crippen LogP contribution in [-0.4, -0.2) is 11.7 Å². The third kappa shape index (κ3) is 2.46. The Kier molecular flexibility index (Phi) is 3.78. The molecule has 0 amide bonds. The van der Waals surface area contributed by atoms with Gasteiger partial charge in [0.2, 0.25) is 0 Å². The highest BCUT2D eigenvalue weighted by Crippen LogP contribution is 2.38. The Morgan fingerprint density at radius 2 is 2.05 bits per heavy atom. The van der Waals surface area contributed by atoms with Crippen molar-refractivity contribution in [1.82, 2.24) is 0 Å². The molecule has 0 saturated carbocycles. The molecule has 1 unspecified atom stereocenters. The minimum absolute atomic E-state index is 0.600. The smallest absolute Gasteiger partial charge is 0.125 e. The van der Waals surface area contributed by atoms with Gasteiger partial charge in [-0.05, 0) is 43.5 Å². The summed E-state index contributed by atoms with van der Waals surface area (Å²) in [5, 5.41) is 12.8. The molecular formula is C16H16O2S2. The van der Waals surface area contributed by atoms with Gasteiger partial charge >= 0.3 is 0 Å². The first-order valence-corrected chi connectivity index (χ1v) is 8.27. The molecule has 0 radical (unpaired) electrons. The van der Waals surface area contributed by atoms with Crippen molar-refractivity contribution in [3.63, 3.8) is 0 Å². The van der Waals surface area contributed by atoms with E-state index in [2.05, 4.69) is 17.5 Å². The lowest BCUT2D eigenvalue weighted by Gasteiger charge is -2.15. The molecule has 0 aliphatic carbocycles. The number of thiophene rings is 2. The zero-order valence-corrected chi connectivity index (χ0v) is 13.1. The van der Waals surface area contributed by atoms with Crippen LogP contribution in [0.15, 0.2) is 35.7 Å². The standard InChI is InChI=1S/C16H16O2S2/c1-3-18-12-5-4-10(2)8-11(12)16(17)15-9-14-13(20-15)6-7-19-14/h4-9,16-17H,3H2,1-2H3. The molecule has 3 aromatic rings. The van der Waals surface area contributed by atoms with Crippen LogP contribution in [0.25, 0.3) is 9.40 Å². The van der Waals surface area contributed by atoms with Crippen LogP contribution in [-0.2, 0) is 0 Å². The first-order valence-electron chi connectivity index (χ1n) is 6.57. The predicted octanol–water partition coefficient (Wildman–Crippen LogP) is 4.75. The zero-order chi connectivity index (χ0) is 14.1. The molecule has 0 aliphatic heterocycles. The fourth-order valence-corrected chi connectivity index (χ4v) is 4.37. The second-order valence-electron chi connectivity index (χ2n) is 4.67. The van der Waals surface area contributed by atoms with Crippen LogP contribution >= 0.6 is 22.7 Å². The lowest BCUT2D eigenvalue weighted by molar-refractivity contribution is 0.215. The third-order valence-electron chi connectivity index (χ3n) is 3.19. The number of aliphatic hydroxyl groups excluding tert-OH is 1. The predicted molar refractivity (Wildman–Crippen MR) is 86.1 cm³/mol. The minimum Gasteiger partial charge on any atom is -0.493 e.